The van der Waals surface area contributed by atoms with Gasteiger partial charge in [0.1, 0.15) is 0 Å². The molecule has 0 saturated heterocycles. The number of nitrogens with zero attached hydrogens (tertiary/aromatic N) is 1. The Morgan fingerprint density at radius 3 is 2.80 bits per heavy atom. The highest BCUT2D eigenvalue weighted by Gasteiger charge is 2.22. The monoisotopic (exact) mass is 205 g/mol. The van der Waals surface area contributed by atoms with Gasteiger partial charge in [-0.25, -0.2) is 0 Å². The molecule has 3 heteroatoms. The number of hydrogen-bond acceptors (Lipinski definition) is 2. The molecule has 0 atom stereocenters. The Hall–Kier alpha value is -0.830. The zero-order chi connectivity index (χ0) is 10.1. The lowest BCUT2D eigenvalue weighted by Gasteiger charge is -2.02. The van der Waals surface area contributed by atoms with Crippen LogP contribution >= 0.6 is 0 Å². The van der Waals surface area contributed by atoms with E-state index in [1.54, 1.807) is 0 Å². The Labute approximate surface area is 90.7 Å². The molecule has 0 aliphatic heterocycles. The van der Waals surface area contributed by atoms with Crippen molar-refractivity contribution >= 4 is 0 Å². The molecule has 1 heterocycles. The van der Waals surface area contributed by atoms with Crippen LogP contribution in [0.3, 0.4) is 0 Å². The van der Waals surface area contributed by atoms with Gasteiger partial charge in [0.15, 0.2) is 0 Å². The SMILES string of the molecule is c1c(C2CCCC2)n[nH]c1CNC1CC1. The summed E-state index contributed by atoms with van der Waals surface area (Å²) in [5, 5.41) is 11.1. The summed E-state index contributed by atoms with van der Waals surface area (Å²) >= 11 is 0. The minimum atomic E-state index is 0.732. The van der Waals surface area contributed by atoms with Crippen LogP contribution in [0.25, 0.3) is 0 Å². The van der Waals surface area contributed by atoms with Gasteiger partial charge < -0.3 is 5.32 Å². The van der Waals surface area contributed by atoms with E-state index in [1.165, 1.54) is 49.9 Å². The Balaban J connectivity index is 1.59. The first kappa shape index (κ1) is 9.40. The second kappa shape index (κ2) is 3.97. The van der Waals surface area contributed by atoms with Crippen LogP contribution in [0.15, 0.2) is 6.07 Å². The largest absolute Gasteiger partial charge is 0.308 e. The molecule has 2 aliphatic rings. The Morgan fingerprint density at radius 1 is 1.27 bits per heavy atom. The van der Waals surface area contributed by atoms with Gasteiger partial charge in [0.2, 0.25) is 0 Å². The fraction of sp³-hybridized carbons (Fsp3) is 0.750. The lowest BCUT2D eigenvalue weighted by Crippen LogP contribution is -2.15. The molecule has 2 N–H and O–H groups in total. The highest BCUT2D eigenvalue weighted by molar-refractivity contribution is 5.14. The predicted octanol–water partition coefficient (Wildman–Crippen LogP) is 2.32. The van der Waals surface area contributed by atoms with E-state index in [4.69, 9.17) is 0 Å². The molecule has 3 rings (SSSR count). The number of H-pyrrole nitrogens is 1. The highest BCUT2D eigenvalue weighted by Crippen LogP contribution is 2.33. The van der Waals surface area contributed by atoms with Crippen LogP contribution in [0.2, 0.25) is 0 Å². The average molecular weight is 205 g/mol. The summed E-state index contributed by atoms with van der Waals surface area (Å²) < 4.78 is 0. The van der Waals surface area contributed by atoms with Gasteiger partial charge in [-0.05, 0) is 31.7 Å². The first-order valence-corrected chi connectivity index (χ1v) is 6.19. The van der Waals surface area contributed by atoms with E-state index in [9.17, 15) is 0 Å². The van der Waals surface area contributed by atoms with Crippen molar-refractivity contribution < 1.29 is 0 Å². The lowest BCUT2D eigenvalue weighted by atomic mass is 10.0. The molecular weight excluding hydrogens is 186 g/mol. The fourth-order valence-electron chi connectivity index (χ4n) is 2.44. The normalized spacial score (nSPS) is 22.4. The van der Waals surface area contributed by atoms with Crippen LogP contribution in [0.5, 0.6) is 0 Å². The number of rotatable bonds is 4. The molecule has 15 heavy (non-hydrogen) atoms. The van der Waals surface area contributed by atoms with Gasteiger partial charge in [0.25, 0.3) is 0 Å². The molecule has 2 fully saturated rings. The van der Waals surface area contributed by atoms with Crippen molar-refractivity contribution in [2.24, 2.45) is 0 Å². The number of aromatic nitrogens is 2. The second-order valence-corrected chi connectivity index (χ2v) is 4.95. The molecule has 1 aromatic rings. The van der Waals surface area contributed by atoms with E-state index in [0.29, 0.717) is 0 Å². The molecule has 0 amide bonds. The third kappa shape index (κ3) is 2.23. The molecule has 2 aliphatic carbocycles. The summed E-state index contributed by atoms with van der Waals surface area (Å²) in [4.78, 5) is 0. The highest BCUT2D eigenvalue weighted by atomic mass is 15.1. The van der Waals surface area contributed by atoms with Crippen LogP contribution in [0.1, 0.15) is 55.8 Å². The Kier molecular flexibility index (Phi) is 2.49. The molecule has 3 nitrogen and oxygen atoms in total. The molecule has 0 aromatic carbocycles. The third-order valence-electron chi connectivity index (χ3n) is 3.58. The van der Waals surface area contributed by atoms with Crippen LogP contribution < -0.4 is 5.32 Å². The smallest absolute Gasteiger partial charge is 0.0656 e. The van der Waals surface area contributed by atoms with E-state index in [1.807, 2.05) is 0 Å². The summed E-state index contributed by atoms with van der Waals surface area (Å²) in [6.07, 6.45) is 8.13. The topological polar surface area (TPSA) is 40.7 Å². The van der Waals surface area contributed by atoms with E-state index in [2.05, 4.69) is 21.6 Å². The molecule has 2 saturated carbocycles. The average Bonchev–Trinajstić information content (AvgIpc) is 2.78. The van der Waals surface area contributed by atoms with E-state index in [-0.39, 0.29) is 0 Å². The van der Waals surface area contributed by atoms with Crippen molar-refractivity contribution in [1.82, 2.24) is 15.5 Å². The molecule has 0 radical (unpaired) electrons. The van der Waals surface area contributed by atoms with Gasteiger partial charge in [0, 0.05) is 24.2 Å². The fourth-order valence-corrected chi connectivity index (χ4v) is 2.44. The molecule has 1 aromatic heterocycles. The number of nitrogens with one attached hydrogen (secondary N) is 2. The van der Waals surface area contributed by atoms with Gasteiger partial charge in [0.05, 0.1) is 5.69 Å². The van der Waals surface area contributed by atoms with Crippen molar-refractivity contribution in [3.63, 3.8) is 0 Å². The van der Waals surface area contributed by atoms with E-state index < -0.39 is 0 Å². The summed E-state index contributed by atoms with van der Waals surface area (Å²) in [6, 6.07) is 3.04. The first-order chi connectivity index (χ1) is 7.42. The zero-order valence-corrected chi connectivity index (χ0v) is 9.13. The van der Waals surface area contributed by atoms with Gasteiger partial charge in [-0.1, -0.05) is 12.8 Å². The van der Waals surface area contributed by atoms with E-state index >= 15 is 0 Å². The molecule has 82 valence electrons. The molecule has 0 bridgehead atoms. The van der Waals surface area contributed by atoms with Crippen molar-refractivity contribution in [2.45, 2.75) is 57.0 Å². The molecule has 0 spiro atoms. The van der Waals surface area contributed by atoms with Crippen molar-refractivity contribution in [3.05, 3.63) is 17.5 Å². The quantitative estimate of drug-likeness (QED) is 0.792. The van der Waals surface area contributed by atoms with Crippen LogP contribution in [0.4, 0.5) is 0 Å². The molecular formula is C12H19N3. The molecule has 0 unspecified atom stereocenters. The Bertz CT molecular complexity index is 321. The minimum absolute atomic E-state index is 0.732. The van der Waals surface area contributed by atoms with Crippen LogP contribution in [0, 0.1) is 0 Å². The Morgan fingerprint density at radius 2 is 2.07 bits per heavy atom. The van der Waals surface area contributed by atoms with Gasteiger partial charge in [-0.2, -0.15) is 5.10 Å². The number of aromatic amines is 1. The maximum absolute atomic E-state index is 4.43. The maximum Gasteiger partial charge on any atom is 0.0656 e. The minimum Gasteiger partial charge on any atom is -0.308 e. The predicted molar refractivity (Wildman–Crippen MR) is 59.7 cm³/mol. The van der Waals surface area contributed by atoms with Crippen molar-refractivity contribution in [1.29, 1.82) is 0 Å². The second-order valence-electron chi connectivity index (χ2n) is 4.95. The lowest BCUT2D eigenvalue weighted by molar-refractivity contribution is 0.671. The maximum atomic E-state index is 4.43. The van der Waals surface area contributed by atoms with E-state index in [0.717, 1.165) is 18.5 Å². The summed E-state index contributed by atoms with van der Waals surface area (Å²) in [5.41, 5.74) is 2.55. The zero-order valence-electron chi connectivity index (χ0n) is 9.13. The summed E-state index contributed by atoms with van der Waals surface area (Å²) in [5.74, 6) is 0.732. The first-order valence-electron chi connectivity index (χ1n) is 6.19. The standard InChI is InChI=1S/C12H19N3/c1-2-4-9(3-1)12-7-11(14-15-12)8-13-10-5-6-10/h7,9-10,13H,1-6,8H2,(H,14,15). The van der Waals surface area contributed by atoms with Crippen molar-refractivity contribution in [2.75, 3.05) is 0 Å². The van der Waals surface area contributed by atoms with Gasteiger partial charge in [-0.15, -0.1) is 0 Å². The third-order valence-corrected chi connectivity index (χ3v) is 3.58. The van der Waals surface area contributed by atoms with Crippen molar-refractivity contribution in [3.8, 4) is 0 Å². The van der Waals surface area contributed by atoms with Gasteiger partial charge >= 0.3 is 0 Å². The van der Waals surface area contributed by atoms with Gasteiger partial charge in [-0.3, -0.25) is 5.10 Å². The number of hydrogen-bond donors (Lipinski definition) is 2. The summed E-state index contributed by atoms with van der Waals surface area (Å²) in [7, 11) is 0. The summed E-state index contributed by atoms with van der Waals surface area (Å²) in [6.45, 7) is 0.963. The van der Waals surface area contributed by atoms with Crippen LogP contribution in [-0.4, -0.2) is 16.2 Å². The van der Waals surface area contributed by atoms with Crippen LogP contribution in [-0.2, 0) is 6.54 Å².